The van der Waals surface area contributed by atoms with Crippen LogP contribution in [0.4, 0.5) is 5.69 Å². The van der Waals surface area contributed by atoms with Crippen LogP contribution in [0.1, 0.15) is 31.7 Å². The molecule has 2 atom stereocenters. The maximum Gasteiger partial charge on any atom is 0.107 e. The maximum absolute atomic E-state index is 6.19. The van der Waals surface area contributed by atoms with Crippen LogP contribution in [0, 0.1) is 0 Å². The van der Waals surface area contributed by atoms with Crippen LogP contribution >= 0.6 is 35.6 Å². The zero-order valence-corrected chi connectivity index (χ0v) is 13.4. The van der Waals surface area contributed by atoms with Crippen molar-refractivity contribution in [3.8, 4) is 0 Å². The molecule has 104 valence electrons. The van der Waals surface area contributed by atoms with E-state index in [1.165, 1.54) is 19.3 Å². The molecule has 3 N–H and O–H groups in total. The Hall–Kier alpha value is -0.450. The molecule has 0 aromatic heterocycles. The minimum Gasteiger partial charge on any atom is -0.389 e. The van der Waals surface area contributed by atoms with Crippen LogP contribution in [-0.4, -0.2) is 22.0 Å². The highest BCUT2D eigenvalue weighted by atomic mass is 35.5. The number of rotatable bonds is 5. The molecule has 1 aromatic carbocycles. The van der Waals surface area contributed by atoms with Crippen molar-refractivity contribution < 1.29 is 0 Å². The molecule has 1 aliphatic rings. The number of hydrogen-bond donors (Lipinski definition) is 2. The highest BCUT2D eigenvalue weighted by Gasteiger charge is 2.27. The van der Waals surface area contributed by atoms with Gasteiger partial charge >= 0.3 is 0 Å². The van der Waals surface area contributed by atoms with Gasteiger partial charge in [-0.25, -0.2) is 0 Å². The Morgan fingerprint density at radius 2 is 2.32 bits per heavy atom. The van der Waals surface area contributed by atoms with Gasteiger partial charge in [0, 0.05) is 17.0 Å². The first-order valence-corrected chi connectivity index (χ1v) is 8.43. The lowest BCUT2D eigenvalue weighted by Crippen LogP contribution is -2.27. The predicted molar refractivity (Wildman–Crippen MR) is 90.5 cm³/mol. The van der Waals surface area contributed by atoms with Gasteiger partial charge in [0.05, 0.1) is 10.6 Å². The SMILES string of the molecule is CCSC1CCCC1Nc1cccc(Cl)c1C(N)=S. The third-order valence-corrected chi connectivity index (χ3v) is 5.28. The molecule has 1 aliphatic carbocycles. The topological polar surface area (TPSA) is 38.0 Å². The summed E-state index contributed by atoms with van der Waals surface area (Å²) in [6.45, 7) is 2.21. The summed E-state index contributed by atoms with van der Waals surface area (Å²) in [5.74, 6) is 1.15. The van der Waals surface area contributed by atoms with Gasteiger partial charge in [-0.1, -0.05) is 43.2 Å². The van der Waals surface area contributed by atoms with Gasteiger partial charge in [0.25, 0.3) is 0 Å². The van der Waals surface area contributed by atoms with E-state index in [2.05, 4.69) is 12.2 Å². The van der Waals surface area contributed by atoms with Crippen LogP contribution in [0.15, 0.2) is 18.2 Å². The Morgan fingerprint density at radius 3 is 3.00 bits per heavy atom. The largest absolute Gasteiger partial charge is 0.389 e. The molecule has 2 rings (SSSR count). The Labute approximate surface area is 129 Å². The Bertz CT molecular complexity index is 465. The first-order valence-electron chi connectivity index (χ1n) is 6.60. The van der Waals surface area contributed by atoms with Crippen molar-refractivity contribution in [3.63, 3.8) is 0 Å². The summed E-state index contributed by atoms with van der Waals surface area (Å²) in [5, 5.41) is 4.88. The normalized spacial score (nSPS) is 22.4. The van der Waals surface area contributed by atoms with E-state index in [0.29, 0.717) is 21.3 Å². The number of halogens is 1. The second kappa shape index (κ2) is 6.82. The molecule has 0 bridgehead atoms. The van der Waals surface area contributed by atoms with Gasteiger partial charge in [-0.15, -0.1) is 0 Å². The molecule has 0 amide bonds. The van der Waals surface area contributed by atoms with E-state index in [0.717, 1.165) is 17.0 Å². The second-order valence-corrected chi connectivity index (χ2v) is 7.07. The van der Waals surface area contributed by atoms with Crippen molar-refractivity contribution in [1.29, 1.82) is 0 Å². The van der Waals surface area contributed by atoms with Crippen molar-refractivity contribution >= 4 is 46.3 Å². The van der Waals surface area contributed by atoms with E-state index in [4.69, 9.17) is 29.6 Å². The predicted octanol–water partition coefficient (Wildman–Crippen LogP) is 4.06. The molecule has 5 heteroatoms. The van der Waals surface area contributed by atoms with Crippen LogP contribution in [0.25, 0.3) is 0 Å². The summed E-state index contributed by atoms with van der Waals surface area (Å²) in [6, 6.07) is 6.25. The second-order valence-electron chi connectivity index (χ2n) is 4.70. The number of nitrogens with one attached hydrogen (secondary N) is 1. The van der Waals surface area contributed by atoms with Gasteiger partial charge in [-0.05, 0) is 30.7 Å². The van der Waals surface area contributed by atoms with Gasteiger partial charge in [0.1, 0.15) is 4.99 Å². The van der Waals surface area contributed by atoms with E-state index in [9.17, 15) is 0 Å². The number of nitrogens with two attached hydrogens (primary N) is 1. The van der Waals surface area contributed by atoms with Gasteiger partial charge in [0.2, 0.25) is 0 Å². The van der Waals surface area contributed by atoms with Crippen molar-refractivity contribution in [1.82, 2.24) is 0 Å². The van der Waals surface area contributed by atoms with Gasteiger partial charge in [-0.2, -0.15) is 11.8 Å². The molecule has 1 saturated carbocycles. The van der Waals surface area contributed by atoms with Crippen LogP contribution in [0.2, 0.25) is 5.02 Å². The third-order valence-electron chi connectivity index (χ3n) is 3.43. The molecule has 1 fully saturated rings. The monoisotopic (exact) mass is 314 g/mol. The fraction of sp³-hybridized carbons (Fsp3) is 0.500. The van der Waals surface area contributed by atoms with E-state index >= 15 is 0 Å². The number of thiocarbonyl (C=S) groups is 1. The molecule has 2 unspecified atom stereocenters. The Morgan fingerprint density at radius 1 is 1.53 bits per heavy atom. The molecule has 0 saturated heterocycles. The molecule has 1 aromatic rings. The quantitative estimate of drug-likeness (QED) is 0.804. The third kappa shape index (κ3) is 3.56. The summed E-state index contributed by atoms with van der Waals surface area (Å²) in [6.07, 6.45) is 3.75. The van der Waals surface area contributed by atoms with E-state index in [1.807, 2.05) is 30.0 Å². The molecule has 0 aliphatic heterocycles. The maximum atomic E-state index is 6.19. The standard InChI is InChI=1S/C14H19ClN2S2/c1-2-19-12-8-4-6-10(12)17-11-7-3-5-9(15)13(11)14(16)18/h3,5,7,10,12,17H,2,4,6,8H2,1H3,(H2,16,18). The number of thioether (sulfide) groups is 1. The molecule has 0 radical (unpaired) electrons. The van der Waals surface area contributed by atoms with E-state index in [-0.39, 0.29) is 0 Å². The lowest BCUT2D eigenvalue weighted by Gasteiger charge is -2.23. The van der Waals surface area contributed by atoms with Crippen LogP contribution in [0.3, 0.4) is 0 Å². The first-order chi connectivity index (χ1) is 9.13. The lowest BCUT2D eigenvalue weighted by molar-refractivity contribution is 0.767. The van der Waals surface area contributed by atoms with Crippen molar-refractivity contribution in [2.75, 3.05) is 11.1 Å². The molecule has 19 heavy (non-hydrogen) atoms. The number of anilines is 1. The highest BCUT2D eigenvalue weighted by molar-refractivity contribution is 7.99. The van der Waals surface area contributed by atoms with Gasteiger partial charge in [0.15, 0.2) is 0 Å². The van der Waals surface area contributed by atoms with Crippen molar-refractivity contribution in [2.24, 2.45) is 5.73 Å². The van der Waals surface area contributed by atoms with Crippen LogP contribution in [0.5, 0.6) is 0 Å². The fourth-order valence-electron chi connectivity index (χ4n) is 2.60. The first kappa shape index (κ1) is 14.9. The molecular formula is C14H19ClN2S2. The Balaban J connectivity index is 2.19. The zero-order chi connectivity index (χ0) is 13.8. The summed E-state index contributed by atoms with van der Waals surface area (Å²) in [5.41, 5.74) is 7.52. The lowest BCUT2D eigenvalue weighted by atomic mass is 10.1. The van der Waals surface area contributed by atoms with Crippen molar-refractivity contribution in [2.45, 2.75) is 37.5 Å². The summed E-state index contributed by atoms with van der Waals surface area (Å²) in [7, 11) is 0. The Kier molecular flexibility index (Phi) is 5.37. The molecule has 0 spiro atoms. The minimum absolute atomic E-state index is 0.353. The summed E-state index contributed by atoms with van der Waals surface area (Å²) in [4.78, 5) is 0.353. The summed E-state index contributed by atoms with van der Waals surface area (Å²) >= 11 is 13.3. The minimum atomic E-state index is 0.353. The van der Waals surface area contributed by atoms with Crippen LogP contribution in [-0.2, 0) is 0 Å². The van der Waals surface area contributed by atoms with Crippen LogP contribution < -0.4 is 11.1 Å². The zero-order valence-electron chi connectivity index (χ0n) is 11.0. The van der Waals surface area contributed by atoms with E-state index in [1.54, 1.807) is 0 Å². The molecule has 2 nitrogen and oxygen atoms in total. The fourth-order valence-corrected chi connectivity index (χ4v) is 4.35. The van der Waals surface area contributed by atoms with Gasteiger partial charge < -0.3 is 11.1 Å². The van der Waals surface area contributed by atoms with E-state index < -0.39 is 0 Å². The highest BCUT2D eigenvalue weighted by Crippen LogP contribution is 2.34. The average Bonchev–Trinajstić information content (AvgIpc) is 2.77. The molecular weight excluding hydrogens is 296 g/mol. The number of hydrogen-bond acceptors (Lipinski definition) is 3. The smallest absolute Gasteiger partial charge is 0.107 e. The van der Waals surface area contributed by atoms with Crippen molar-refractivity contribution in [3.05, 3.63) is 28.8 Å². The molecule has 0 heterocycles. The summed E-state index contributed by atoms with van der Waals surface area (Å²) < 4.78 is 0. The van der Waals surface area contributed by atoms with Gasteiger partial charge in [-0.3, -0.25) is 0 Å². The number of benzene rings is 1. The average molecular weight is 315 g/mol.